The lowest BCUT2D eigenvalue weighted by Crippen LogP contribution is -2.45. The molecule has 0 aliphatic rings. The van der Waals surface area contributed by atoms with Gasteiger partial charge in [0.2, 0.25) is 0 Å². The average molecular weight is 237 g/mol. The Kier molecular flexibility index (Phi) is 5.62. The predicted molar refractivity (Wildman–Crippen MR) is 69.7 cm³/mol. The predicted octanol–water partition coefficient (Wildman–Crippen LogP) is 2.04. The van der Waals surface area contributed by atoms with E-state index in [-0.39, 0.29) is 12.7 Å². The minimum Gasteiger partial charge on any atom is -0.394 e. The number of aliphatic hydroxyl groups is 1. The zero-order valence-corrected chi connectivity index (χ0v) is 10.7. The average Bonchev–Trinajstić information content (AvgIpc) is 2.37. The van der Waals surface area contributed by atoms with Crippen molar-refractivity contribution in [3.63, 3.8) is 0 Å². The number of benzene rings is 1. The molecule has 96 valence electrons. The third-order valence-electron chi connectivity index (χ3n) is 2.95. The Hall–Kier alpha value is -0.900. The van der Waals surface area contributed by atoms with E-state index in [0.29, 0.717) is 6.61 Å². The van der Waals surface area contributed by atoms with Gasteiger partial charge in [-0.3, -0.25) is 0 Å². The fourth-order valence-electron chi connectivity index (χ4n) is 1.77. The Morgan fingerprint density at radius 3 is 2.53 bits per heavy atom. The van der Waals surface area contributed by atoms with Gasteiger partial charge in [0.1, 0.15) is 0 Å². The smallest absolute Gasteiger partial charge is 0.0881 e. The highest BCUT2D eigenvalue weighted by Gasteiger charge is 2.27. The first-order chi connectivity index (χ1) is 8.12. The van der Waals surface area contributed by atoms with Gasteiger partial charge in [-0.2, -0.15) is 0 Å². The molecule has 3 nitrogen and oxygen atoms in total. The van der Waals surface area contributed by atoms with Crippen LogP contribution in [0.4, 0.5) is 0 Å². The molecule has 2 atom stereocenters. The van der Waals surface area contributed by atoms with E-state index < -0.39 is 5.54 Å². The third-order valence-corrected chi connectivity index (χ3v) is 2.95. The Balaban J connectivity index is 2.63. The summed E-state index contributed by atoms with van der Waals surface area (Å²) >= 11 is 0. The summed E-state index contributed by atoms with van der Waals surface area (Å²) in [6.45, 7) is 4.38. The molecule has 0 aliphatic carbocycles. The highest BCUT2D eigenvalue weighted by Crippen LogP contribution is 2.19. The molecule has 0 fully saturated rings. The molecule has 2 unspecified atom stereocenters. The first-order valence-electron chi connectivity index (χ1n) is 6.19. The second-order valence-corrected chi connectivity index (χ2v) is 4.59. The lowest BCUT2D eigenvalue weighted by atomic mass is 9.93. The van der Waals surface area contributed by atoms with Gasteiger partial charge in [0.15, 0.2) is 0 Å². The maximum Gasteiger partial charge on any atom is 0.0881 e. The zero-order chi connectivity index (χ0) is 12.7. The van der Waals surface area contributed by atoms with Crippen LogP contribution in [0, 0.1) is 0 Å². The van der Waals surface area contributed by atoms with Gasteiger partial charge in [0, 0.05) is 0 Å². The maximum atomic E-state index is 9.48. The van der Waals surface area contributed by atoms with Crippen molar-refractivity contribution in [3.05, 3.63) is 35.9 Å². The topological polar surface area (TPSA) is 55.5 Å². The summed E-state index contributed by atoms with van der Waals surface area (Å²) in [5, 5.41) is 9.48. The molecule has 0 aromatic heterocycles. The molecule has 0 amide bonds. The lowest BCUT2D eigenvalue weighted by molar-refractivity contribution is 0.00645. The van der Waals surface area contributed by atoms with E-state index in [2.05, 4.69) is 6.92 Å². The number of ether oxygens (including phenoxy) is 1. The van der Waals surface area contributed by atoms with E-state index in [1.807, 2.05) is 37.3 Å². The molecular formula is C14H23NO2. The van der Waals surface area contributed by atoms with Crippen LogP contribution in [0.3, 0.4) is 0 Å². The normalized spacial score (nSPS) is 16.5. The molecule has 0 bridgehead atoms. The summed E-state index contributed by atoms with van der Waals surface area (Å²) in [6.07, 6.45) is 2.28. The summed E-state index contributed by atoms with van der Waals surface area (Å²) in [7, 11) is 0. The van der Waals surface area contributed by atoms with Crippen LogP contribution in [-0.2, 0) is 10.3 Å². The van der Waals surface area contributed by atoms with E-state index in [9.17, 15) is 5.11 Å². The summed E-state index contributed by atoms with van der Waals surface area (Å²) in [5.74, 6) is 0. The van der Waals surface area contributed by atoms with Crippen LogP contribution in [0.1, 0.15) is 32.3 Å². The van der Waals surface area contributed by atoms with Gasteiger partial charge in [-0.05, 0) is 18.9 Å². The van der Waals surface area contributed by atoms with Crippen LogP contribution >= 0.6 is 0 Å². The van der Waals surface area contributed by atoms with Gasteiger partial charge in [-0.15, -0.1) is 0 Å². The van der Waals surface area contributed by atoms with Crippen LogP contribution in [0.15, 0.2) is 30.3 Å². The minimum atomic E-state index is -0.802. The van der Waals surface area contributed by atoms with Crippen LogP contribution in [0.2, 0.25) is 0 Å². The summed E-state index contributed by atoms with van der Waals surface area (Å²) in [4.78, 5) is 0. The molecule has 1 rings (SSSR count). The quantitative estimate of drug-likeness (QED) is 0.763. The second kappa shape index (κ2) is 6.74. The number of rotatable bonds is 7. The van der Waals surface area contributed by atoms with Crippen LogP contribution in [-0.4, -0.2) is 24.4 Å². The van der Waals surface area contributed by atoms with Gasteiger partial charge in [-0.1, -0.05) is 43.7 Å². The number of aliphatic hydroxyl groups excluding tert-OH is 1. The Labute approximate surface area is 104 Å². The Morgan fingerprint density at radius 2 is 2.00 bits per heavy atom. The van der Waals surface area contributed by atoms with Crippen molar-refractivity contribution in [1.29, 1.82) is 0 Å². The molecule has 0 heterocycles. The third kappa shape index (κ3) is 4.11. The molecular weight excluding hydrogens is 214 g/mol. The van der Waals surface area contributed by atoms with Crippen LogP contribution in [0.5, 0.6) is 0 Å². The van der Waals surface area contributed by atoms with E-state index in [1.54, 1.807) is 0 Å². The fourth-order valence-corrected chi connectivity index (χ4v) is 1.77. The molecule has 0 saturated heterocycles. The Bertz CT molecular complexity index is 315. The van der Waals surface area contributed by atoms with E-state index in [0.717, 1.165) is 18.4 Å². The van der Waals surface area contributed by atoms with Gasteiger partial charge in [-0.25, -0.2) is 0 Å². The number of nitrogens with two attached hydrogens (primary N) is 1. The van der Waals surface area contributed by atoms with Gasteiger partial charge >= 0.3 is 0 Å². The van der Waals surface area contributed by atoms with Crippen molar-refractivity contribution < 1.29 is 9.84 Å². The van der Waals surface area contributed by atoms with E-state index in [4.69, 9.17) is 10.5 Å². The van der Waals surface area contributed by atoms with Crippen LogP contribution < -0.4 is 5.73 Å². The largest absolute Gasteiger partial charge is 0.394 e. The SMILES string of the molecule is CCCC(C)OCC(N)(CO)c1ccccc1. The van der Waals surface area contributed by atoms with Crippen molar-refractivity contribution in [1.82, 2.24) is 0 Å². The monoisotopic (exact) mass is 237 g/mol. The van der Waals surface area contributed by atoms with Gasteiger partial charge in [0.05, 0.1) is 24.9 Å². The highest BCUT2D eigenvalue weighted by molar-refractivity contribution is 5.24. The molecule has 0 spiro atoms. The molecule has 1 aromatic rings. The minimum absolute atomic E-state index is 0.115. The van der Waals surface area contributed by atoms with Gasteiger partial charge < -0.3 is 15.6 Å². The van der Waals surface area contributed by atoms with Crippen molar-refractivity contribution >= 4 is 0 Å². The summed E-state index contributed by atoms with van der Waals surface area (Å²) in [5.41, 5.74) is 6.29. The van der Waals surface area contributed by atoms with Crippen LogP contribution in [0.25, 0.3) is 0 Å². The molecule has 3 heteroatoms. The molecule has 3 N–H and O–H groups in total. The standard InChI is InChI=1S/C14H23NO2/c1-3-7-12(2)17-11-14(15,10-16)13-8-5-4-6-9-13/h4-6,8-9,12,16H,3,7,10-11,15H2,1-2H3. The molecule has 1 aromatic carbocycles. The molecule has 0 aliphatic heterocycles. The molecule has 17 heavy (non-hydrogen) atoms. The molecule has 0 saturated carbocycles. The second-order valence-electron chi connectivity index (χ2n) is 4.59. The van der Waals surface area contributed by atoms with Crippen molar-refractivity contribution in [2.75, 3.05) is 13.2 Å². The molecule has 0 radical (unpaired) electrons. The fraction of sp³-hybridized carbons (Fsp3) is 0.571. The number of hydrogen-bond donors (Lipinski definition) is 2. The van der Waals surface area contributed by atoms with Crippen molar-refractivity contribution in [2.45, 2.75) is 38.3 Å². The van der Waals surface area contributed by atoms with E-state index in [1.165, 1.54) is 0 Å². The first-order valence-corrected chi connectivity index (χ1v) is 6.19. The van der Waals surface area contributed by atoms with Gasteiger partial charge in [0.25, 0.3) is 0 Å². The zero-order valence-electron chi connectivity index (χ0n) is 10.7. The first kappa shape index (κ1) is 14.2. The summed E-state index contributed by atoms with van der Waals surface area (Å²) in [6, 6.07) is 9.61. The lowest BCUT2D eigenvalue weighted by Gasteiger charge is -2.29. The van der Waals surface area contributed by atoms with Crippen molar-refractivity contribution in [2.24, 2.45) is 5.73 Å². The summed E-state index contributed by atoms with van der Waals surface area (Å²) < 4.78 is 5.71. The van der Waals surface area contributed by atoms with Crippen molar-refractivity contribution in [3.8, 4) is 0 Å². The van der Waals surface area contributed by atoms with E-state index >= 15 is 0 Å². The maximum absolute atomic E-state index is 9.48. The Morgan fingerprint density at radius 1 is 1.35 bits per heavy atom. The number of hydrogen-bond acceptors (Lipinski definition) is 3. The highest BCUT2D eigenvalue weighted by atomic mass is 16.5.